The number of nitro benzene ring substituents is 1. The highest BCUT2D eigenvalue weighted by Gasteiger charge is 2.11. The second kappa shape index (κ2) is 9.77. The molecule has 0 radical (unpaired) electrons. The maximum Gasteiger partial charge on any atom is 0.344 e. The van der Waals surface area contributed by atoms with Crippen molar-refractivity contribution < 1.29 is 28.8 Å². The summed E-state index contributed by atoms with van der Waals surface area (Å²) < 4.78 is 9.69. The van der Waals surface area contributed by atoms with Gasteiger partial charge in [0.05, 0.1) is 4.92 Å². The molecule has 0 fully saturated rings. The molecule has 0 unspecified atom stereocenters. The fourth-order valence-electron chi connectivity index (χ4n) is 1.44. The van der Waals surface area contributed by atoms with Crippen LogP contribution >= 0.6 is 0 Å². The number of nitro groups is 1. The number of hydrogen-bond acceptors (Lipinski definition) is 7. The van der Waals surface area contributed by atoms with E-state index in [1.165, 1.54) is 24.3 Å². The predicted octanol–water partition coefficient (Wildman–Crippen LogP) is 0.753. The smallest absolute Gasteiger partial charge is 0.344 e. The second-order valence-electron chi connectivity index (χ2n) is 4.50. The Labute approximate surface area is 137 Å². The molecule has 0 saturated heterocycles. The molecule has 0 atom stereocenters. The average molecular weight is 339 g/mol. The summed E-state index contributed by atoms with van der Waals surface area (Å²) in [6.45, 7) is 1.17. The van der Waals surface area contributed by atoms with Crippen molar-refractivity contribution >= 4 is 23.6 Å². The number of urea groups is 1. The first kappa shape index (κ1) is 18.9. The van der Waals surface area contributed by atoms with Gasteiger partial charge in [0.2, 0.25) is 0 Å². The van der Waals surface area contributed by atoms with Gasteiger partial charge in [-0.05, 0) is 18.6 Å². The van der Waals surface area contributed by atoms with Crippen LogP contribution in [0.25, 0.3) is 0 Å². The number of imide groups is 1. The lowest BCUT2D eigenvalue weighted by atomic mass is 10.3. The Morgan fingerprint density at radius 2 is 1.83 bits per heavy atom. The lowest BCUT2D eigenvalue weighted by Crippen LogP contribution is -2.41. The summed E-state index contributed by atoms with van der Waals surface area (Å²) >= 11 is 0. The molecule has 10 nitrogen and oxygen atoms in total. The number of nitrogens with one attached hydrogen (secondary N) is 2. The minimum Gasteiger partial charge on any atom is -0.482 e. The highest BCUT2D eigenvalue weighted by atomic mass is 16.6. The van der Waals surface area contributed by atoms with Crippen LogP contribution in [0.4, 0.5) is 10.5 Å². The molecule has 3 amide bonds. The van der Waals surface area contributed by atoms with Crippen LogP contribution in [0.15, 0.2) is 24.3 Å². The molecule has 1 aromatic carbocycles. The third-order valence-corrected chi connectivity index (χ3v) is 2.56. The first-order valence-corrected chi connectivity index (χ1v) is 7.03. The maximum atomic E-state index is 11.4. The zero-order chi connectivity index (χ0) is 17.9. The normalized spacial score (nSPS) is 9.71. The molecule has 0 aromatic heterocycles. The standard InChI is InChI=1S/C14H17N3O7/c1-2-7-15-14(20)16-12(18)8-24-13(19)9-23-11-5-3-10(4-6-11)17(21)22/h3-6H,2,7-9H2,1H3,(H2,15,16,18,20). The first-order chi connectivity index (χ1) is 11.4. The number of carbonyl (C=O) groups excluding carboxylic acids is 3. The van der Waals surface area contributed by atoms with Crippen LogP contribution in [0.5, 0.6) is 5.75 Å². The predicted molar refractivity (Wildman–Crippen MR) is 81.4 cm³/mol. The Morgan fingerprint density at radius 1 is 1.17 bits per heavy atom. The third-order valence-electron chi connectivity index (χ3n) is 2.56. The summed E-state index contributed by atoms with van der Waals surface area (Å²) in [4.78, 5) is 43.9. The Kier molecular flexibility index (Phi) is 7.68. The molecule has 1 aromatic rings. The Balaban J connectivity index is 2.27. The molecular formula is C14H17N3O7. The van der Waals surface area contributed by atoms with Crippen molar-refractivity contribution in [2.75, 3.05) is 19.8 Å². The number of carbonyl (C=O) groups is 3. The molecule has 2 N–H and O–H groups in total. The van der Waals surface area contributed by atoms with E-state index in [9.17, 15) is 24.5 Å². The molecule has 0 aliphatic heterocycles. The number of amides is 3. The topological polar surface area (TPSA) is 137 Å². The van der Waals surface area contributed by atoms with Gasteiger partial charge in [-0.2, -0.15) is 0 Å². The van der Waals surface area contributed by atoms with E-state index >= 15 is 0 Å². The van der Waals surface area contributed by atoms with Crippen molar-refractivity contribution in [3.63, 3.8) is 0 Å². The molecule has 0 aliphatic rings. The van der Waals surface area contributed by atoms with Gasteiger partial charge in [-0.1, -0.05) is 6.92 Å². The van der Waals surface area contributed by atoms with Gasteiger partial charge in [0.25, 0.3) is 11.6 Å². The number of rotatable bonds is 8. The molecule has 130 valence electrons. The Morgan fingerprint density at radius 3 is 2.42 bits per heavy atom. The van der Waals surface area contributed by atoms with E-state index in [4.69, 9.17) is 4.74 Å². The number of esters is 1. The van der Waals surface area contributed by atoms with Crippen molar-refractivity contribution in [2.45, 2.75) is 13.3 Å². The highest BCUT2D eigenvalue weighted by molar-refractivity contribution is 5.95. The van der Waals surface area contributed by atoms with Gasteiger partial charge < -0.3 is 14.8 Å². The minimum atomic E-state index is -0.822. The van der Waals surface area contributed by atoms with Gasteiger partial charge in [0, 0.05) is 18.7 Å². The van der Waals surface area contributed by atoms with E-state index in [2.05, 4.69) is 10.1 Å². The van der Waals surface area contributed by atoms with Crippen LogP contribution < -0.4 is 15.4 Å². The van der Waals surface area contributed by atoms with E-state index in [1.54, 1.807) is 0 Å². The fraction of sp³-hybridized carbons (Fsp3) is 0.357. The van der Waals surface area contributed by atoms with Crippen LogP contribution in [0, 0.1) is 10.1 Å². The SMILES string of the molecule is CCCNC(=O)NC(=O)COC(=O)COc1ccc([N+](=O)[O-])cc1. The third kappa shape index (κ3) is 7.20. The summed E-state index contributed by atoms with van der Waals surface area (Å²) in [6.07, 6.45) is 0.719. The van der Waals surface area contributed by atoms with Crippen LogP contribution in [-0.2, 0) is 14.3 Å². The van der Waals surface area contributed by atoms with Crippen LogP contribution in [-0.4, -0.2) is 42.6 Å². The minimum absolute atomic E-state index is 0.108. The lowest BCUT2D eigenvalue weighted by Gasteiger charge is -2.07. The second-order valence-corrected chi connectivity index (χ2v) is 4.50. The van der Waals surface area contributed by atoms with Gasteiger partial charge in [-0.15, -0.1) is 0 Å². The highest BCUT2D eigenvalue weighted by Crippen LogP contribution is 2.17. The molecule has 0 saturated carbocycles. The molecular weight excluding hydrogens is 322 g/mol. The lowest BCUT2D eigenvalue weighted by molar-refractivity contribution is -0.384. The summed E-state index contributed by atoms with van der Waals surface area (Å²) in [6, 6.07) is 4.44. The summed E-state index contributed by atoms with van der Waals surface area (Å²) in [7, 11) is 0. The van der Waals surface area contributed by atoms with Gasteiger partial charge >= 0.3 is 12.0 Å². The maximum absolute atomic E-state index is 11.4. The Bertz CT molecular complexity index is 601. The average Bonchev–Trinajstić information content (AvgIpc) is 2.56. The van der Waals surface area contributed by atoms with Crippen molar-refractivity contribution in [3.05, 3.63) is 34.4 Å². The van der Waals surface area contributed by atoms with Crippen molar-refractivity contribution in [1.29, 1.82) is 0 Å². The molecule has 0 bridgehead atoms. The van der Waals surface area contributed by atoms with E-state index in [-0.39, 0.29) is 11.4 Å². The van der Waals surface area contributed by atoms with E-state index in [0.29, 0.717) is 6.54 Å². The van der Waals surface area contributed by atoms with Crippen LogP contribution in [0.2, 0.25) is 0 Å². The molecule has 10 heteroatoms. The van der Waals surface area contributed by atoms with Gasteiger partial charge in [-0.3, -0.25) is 20.2 Å². The first-order valence-electron chi connectivity index (χ1n) is 7.03. The molecule has 1 rings (SSSR count). The molecule has 0 aliphatic carbocycles. The molecule has 0 spiro atoms. The van der Waals surface area contributed by atoms with Gasteiger partial charge in [0.15, 0.2) is 13.2 Å². The monoisotopic (exact) mass is 339 g/mol. The molecule has 24 heavy (non-hydrogen) atoms. The van der Waals surface area contributed by atoms with E-state index < -0.39 is 36.0 Å². The van der Waals surface area contributed by atoms with E-state index in [0.717, 1.165) is 6.42 Å². The van der Waals surface area contributed by atoms with Crippen molar-refractivity contribution in [3.8, 4) is 5.75 Å². The number of ether oxygens (including phenoxy) is 2. The van der Waals surface area contributed by atoms with E-state index in [1.807, 2.05) is 12.2 Å². The quantitative estimate of drug-likeness (QED) is 0.405. The summed E-state index contributed by atoms with van der Waals surface area (Å²) in [5.41, 5.74) is -0.108. The van der Waals surface area contributed by atoms with Crippen LogP contribution in [0.1, 0.15) is 13.3 Å². The zero-order valence-electron chi connectivity index (χ0n) is 12.9. The number of benzene rings is 1. The van der Waals surface area contributed by atoms with Gasteiger partial charge in [-0.25, -0.2) is 9.59 Å². The zero-order valence-corrected chi connectivity index (χ0v) is 12.9. The van der Waals surface area contributed by atoms with Crippen molar-refractivity contribution in [1.82, 2.24) is 10.6 Å². The molecule has 0 heterocycles. The fourth-order valence-corrected chi connectivity index (χ4v) is 1.44. The van der Waals surface area contributed by atoms with Gasteiger partial charge in [0.1, 0.15) is 5.75 Å². The number of non-ortho nitro benzene ring substituents is 1. The van der Waals surface area contributed by atoms with Crippen molar-refractivity contribution in [2.24, 2.45) is 0 Å². The number of hydrogen-bond donors (Lipinski definition) is 2. The summed E-state index contributed by atoms with van der Waals surface area (Å²) in [5.74, 6) is -1.36. The Hall–Kier alpha value is -3.17. The van der Waals surface area contributed by atoms with Crippen LogP contribution in [0.3, 0.4) is 0 Å². The summed E-state index contributed by atoms with van der Waals surface area (Å²) in [5, 5.41) is 14.9. The largest absolute Gasteiger partial charge is 0.482 e. The number of nitrogens with zero attached hydrogens (tertiary/aromatic N) is 1.